The van der Waals surface area contributed by atoms with Gasteiger partial charge in [-0.15, -0.1) is 0 Å². The number of rotatable bonds is 7. The van der Waals surface area contributed by atoms with E-state index in [4.69, 9.17) is 5.11 Å². The van der Waals surface area contributed by atoms with Crippen molar-refractivity contribution in [3.8, 4) is 0 Å². The molecule has 22 heavy (non-hydrogen) atoms. The van der Waals surface area contributed by atoms with Crippen LogP contribution in [0.4, 0.5) is 8.78 Å². The van der Waals surface area contributed by atoms with Gasteiger partial charge in [0.1, 0.15) is 22.4 Å². The molecule has 10 heteroatoms. The van der Waals surface area contributed by atoms with E-state index in [1.54, 1.807) is 0 Å². The number of halogens is 2. The molecule has 0 bridgehead atoms. The Morgan fingerprint density at radius 1 is 1.27 bits per heavy atom. The van der Waals surface area contributed by atoms with Crippen molar-refractivity contribution in [2.45, 2.75) is 11.8 Å². The topological polar surface area (TPSA) is 113 Å². The fourth-order valence-corrected chi connectivity index (χ4v) is 2.50. The largest absolute Gasteiger partial charge is 0.481 e. The Bertz CT molecular complexity index is 678. The number of nitrogens with one attached hydrogen (secondary N) is 2. The average molecular weight is 336 g/mol. The molecule has 0 aromatic heterocycles. The number of carboxylic acid groups (broad SMARTS) is 1. The Kier molecular flexibility index (Phi) is 5.94. The lowest BCUT2D eigenvalue weighted by Gasteiger charge is -2.10. The molecule has 1 aromatic rings. The summed E-state index contributed by atoms with van der Waals surface area (Å²) in [5.41, 5.74) is 0. The molecule has 3 N–H and O–H groups in total. The number of carbonyl (C=O) groups is 2. The normalized spacial score (nSPS) is 12.7. The molecule has 0 spiro atoms. The van der Waals surface area contributed by atoms with Crippen molar-refractivity contribution in [2.75, 3.05) is 13.1 Å². The number of hydrogen-bond donors (Lipinski definition) is 3. The van der Waals surface area contributed by atoms with Gasteiger partial charge in [-0.2, -0.15) is 0 Å². The first-order valence-electron chi connectivity index (χ1n) is 6.10. The molecular weight excluding hydrogens is 322 g/mol. The Morgan fingerprint density at radius 3 is 2.45 bits per heavy atom. The van der Waals surface area contributed by atoms with Crippen LogP contribution in [0.2, 0.25) is 0 Å². The van der Waals surface area contributed by atoms with Crippen LogP contribution in [0.15, 0.2) is 23.1 Å². The van der Waals surface area contributed by atoms with Gasteiger partial charge >= 0.3 is 5.97 Å². The zero-order valence-corrected chi connectivity index (χ0v) is 12.3. The summed E-state index contributed by atoms with van der Waals surface area (Å²) in [6.45, 7) is 0.714. The predicted octanol–water partition coefficient (Wildman–Crippen LogP) is 0.0800. The number of aliphatic carboxylic acids is 1. The van der Waals surface area contributed by atoms with Crippen LogP contribution in [0, 0.1) is 17.6 Å². The highest BCUT2D eigenvalue weighted by atomic mass is 32.2. The van der Waals surface area contributed by atoms with Crippen LogP contribution in [0.1, 0.15) is 6.92 Å². The zero-order chi connectivity index (χ0) is 16.9. The molecule has 0 fully saturated rings. The van der Waals surface area contributed by atoms with Crippen LogP contribution in [0.5, 0.6) is 0 Å². The molecule has 0 aliphatic heterocycles. The smallest absolute Gasteiger partial charge is 0.315 e. The third-order valence-electron chi connectivity index (χ3n) is 2.66. The summed E-state index contributed by atoms with van der Waals surface area (Å²) in [6, 6.07) is 2.01. The minimum Gasteiger partial charge on any atom is -0.481 e. The summed E-state index contributed by atoms with van der Waals surface area (Å²) < 4.78 is 51.7. The maximum Gasteiger partial charge on any atom is 0.315 e. The van der Waals surface area contributed by atoms with Gasteiger partial charge in [-0.25, -0.2) is 21.9 Å². The van der Waals surface area contributed by atoms with Crippen molar-refractivity contribution in [2.24, 2.45) is 5.92 Å². The molecule has 0 saturated carbocycles. The van der Waals surface area contributed by atoms with E-state index in [9.17, 15) is 26.8 Å². The second-order valence-corrected chi connectivity index (χ2v) is 6.06. The molecule has 0 aliphatic rings. The summed E-state index contributed by atoms with van der Waals surface area (Å²) >= 11 is 0. The molecule has 1 unspecified atom stereocenters. The number of hydrogen-bond acceptors (Lipinski definition) is 4. The van der Waals surface area contributed by atoms with E-state index in [1.165, 1.54) is 6.92 Å². The van der Waals surface area contributed by atoms with Gasteiger partial charge in [0.05, 0.1) is 0 Å². The number of carboxylic acids is 1. The Labute approximate surface area is 125 Å². The number of amides is 1. The number of benzene rings is 1. The van der Waals surface area contributed by atoms with Gasteiger partial charge in [0.15, 0.2) is 0 Å². The summed E-state index contributed by atoms with van der Waals surface area (Å²) in [5, 5.41) is 10.8. The lowest BCUT2D eigenvalue weighted by Crippen LogP contribution is -2.39. The first-order valence-corrected chi connectivity index (χ1v) is 7.58. The summed E-state index contributed by atoms with van der Waals surface area (Å²) in [5.74, 6) is -5.51. The van der Waals surface area contributed by atoms with E-state index in [0.29, 0.717) is 6.07 Å². The standard InChI is InChI=1S/C12H14F2N2O5S/c1-7(12(18)19)11(17)15-4-5-16-22(20,21)10-3-2-8(13)6-9(10)14/h2-3,6-7,16H,4-5H2,1H3,(H,15,17)(H,18,19). The van der Waals surface area contributed by atoms with Crippen LogP contribution in [0.25, 0.3) is 0 Å². The molecule has 7 nitrogen and oxygen atoms in total. The van der Waals surface area contributed by atoms with Crippen molar-refractivity contribution in [3.05, 3.63) is 29.8 Å². The summed E-state index contributed by atoms with van der Waals surface area (Å²) in [4.78, 5) is 21.1. The quantitative estimate of drug-likeness (QED) is 0.482. The molecule has 0 aliphatic carbocycles. The fourth-order valence-electron chi connectivity index (χ4n) is 1.41. The molecule has 0 radical (unpaired) electrons. The SMILES string of the molecule is CC(C(=O)O)C(=O)NCCNS(=O)(=O)c1ccc(F)cc1F. The Morgan fingerprint density at radius 2 is 1.91 bits per heavy atom. The van der Waals surface area contributed by atoms with Crippen molar-refractivity contribution < 1.29 is 31.9 Å². The maximum atomic E-state index is 13.4. The lowest BCUT2D eigenvalue weighted by atomic mass is 10.2. The number of sulfonamides is 1. The van der Waals surface area contributed by atoms with E-state index in [-0.39, 0.29) is 13.1 Å². The predicted molar refractivity (Wildman–Crippen MR) is 71.4 cm³/mol. The van der Waals surface area contributed by atoms with Crippen molar-refractivity contribution in [1.29, 1.82) is 0 Å². The van der Waals surface area contributed by atoms with E-state index in [2.05, 4.69) is 5.32 Å². The first-order chi connectivity index (χ1) is 10.1. The van der Waals surface area contributed by atoms with Gasteiger partial charge < -0.3 is 10.4 Å². The van der Waals surface area contributed by atoms with Gasteiger partial charge in [0, 0.05) is 19.2 Å². The minimum atomic E-state index is -4.20. The molecule has 1 atom stereocenters. The van der Waals surface area contributed by atoms with Gasteiger partial charge in [-0.05, 0) is 19.1 Å². The fraction of sp³-hybridized carbons (Fsp3) is 0.333. The number of carbonyl (C=O) groups excluding carboxylic acids is 1. The molecule has 0 saturated heterocycles. The molecule has 0 heterocycles. The molecule has 1 amide bonds. The van der Waals surface area contributed by atoms with E-state index < -0.39 is 44.3 Å². The Balaban J connectivity index is 2.57. The van der Waals surface area contributed by atoms with Crippen molar-refractivity contribution in [1.82, 2.24) is 10.0 Å². The van der Waals surface area contributed by atoms with E-state index >= 15 is 0 Å². The van der Waals surface area contributed by atoms with Crippen LogP contribution >= 0.6 is 0 Å². The highest BCUT2D eigenvalue weighted by molar-refractivity contribution is 7.89. The summed E-state index contributed by atoms with van der Waals surface area (Å²) in [7, 11) is -4.20. The molecule has 1 rings (SSSR count). The van der Waals surface area contributed by atoms with Gasteiger partial charge in [0.2, 0.25) is 15.9 Å². The molecular formula is C12H14F2N2O5S. The van der Waals surface area contributed by atoms with Gasteiger partial charge in [-0.3, -0.25) is 9.59 Å². The van der Waals surface area contributed by atoms with Crippen LogP contribution in [-0.2, 0) is 19.6 Å². The molecule has 122 valence electrons. The third-order valence-corrected chi connectivity index (χ3v) is 4.16. The average Bonchev–Trinajstić information content (AvgIpc) is 2.41. The lowest BCUT2D eigenvalue weighted by molar-refractivity contribution is -0.146. The van der Waals surface area contributed by atoms with E-state index in [0.717, 1.165) is 12.1 Å². The van der Waals surface area contributed by atoms with E-state index in [1.807, 2.05) is 4.72 Å². The minimum absolute atomic E-state index is 0.182. The van der Waals surface area contributed by atoms with Gasteiger partial charge in [0.25, 0.3) is 0 Å². The highest BCUT2D eigenvalue weighted by Crippen LogP contribution is 2.14. The molecule has 1 aromatic carbocycles. The summed E-state index contributed by atoms with van der Waals surface area (Å²) in [6.07, 6.45) is 0. The Hall–Kier alpha value is -2.07. The first kappa shape index (κ1) is 18.0. The van der Waals surface area contributed by atoms with Crippen molar-refractivity contribution >= 4 is 21.9 Å². The zero-order valence-electron chi connectivity index (χ0n) is 11.5. The monoisotopic (exact) mass is 336 g/mol. The van der Waals surface area contributed by atoms with Crippen LogP contribution in [-0.4, -0.2) is 38.5 Å². The second kappa shape index (κ2) is 7.27. The highest BCUT2D eigenvalue weighted by Gasteiger charge is 2.21. The third kappa shape index (κ3) is 4.74. The second-order valence-electron chi connectivity index (χ2n) is 4.32. The van der Waals surface area contributed by atoms with Gasteiger partial charge in [-0.1, -0.05) is 0 Å². The van der Waals surface area contributed by atoms with Crippen molar-refractivity contribution in [3.63, 3.8) is 0 Å². The van der Waals surface area contributed by atoms with Crippen LogP contribution < -0.4 is 10.0 Å². The van der Waals surface area contributed by atoms with Crippen LogP contribution in [0.3, 0.4) is 0 Å². The maximum absolute atomic E-state index is 13.4.